The fourth-order valence-electron chi connectivity index (χ4n) is 3.86. The van der Waals surface area contributed by atoms with E-state index in [0.29, 0.717) is 6.61 Å². The van der Waals surface area contributed by atoms with Crippen LogP contribution < -0.4 is 0 Å². The van der Waals surface area contributed by atoms with Crippen molar-refractivity contribution < 1.29 is 4.74 Å². The minimum absolute atomic E-state index is 0.691. The molecule has 4 rings (SSSR count). The number of nitrogens with zero attached hydrogens (tertiary/aromatic N) is 6. The smallest absolute Gasteiger partial charge is 0.160 e. The normalized spacial score (nSPS) is 16.1. The van der Waals surface area contributed by atoms with Crippen molar-refractivity contribution in [3.05, 3.63) is 40.2 Å². The van der Waals surface area contributed by atoms with Crippen molar-refractivity contribution in [3.8, 4) is 0 Å². The predicted octanol–water partition coefficient (Wildman–Crippen LogP) is 2.59. The number of imidazole rings is 1. The molecule has 0 atom stereocenters. The first-order valence-electron chi connectivity index (χ1n) is 10.5. The molecule has 156 valence electrons. The largest absolute Gasteiger partial charge is 0.380 e. The Morgan fingerprint density at radius 1 is 1.10 bits per heavy atom. The van der Waals surface area contributed by atoms with Crippen LogP contribution in [0.25, 0.3) is 11.2 Å². The summed E-state index contributed by atoms with van der Waals surface area (Å²) in [5, 5.41) is 0. The van der Waals surface area contributed by atoms with Gasteiger partial charge in [0.15, 0.2) is 5.65 Å². The Hall–Kier alpha value is -1.87. The van der Waals surface area contributed by atoms with Gasteiger partial charge in [0, 0.05) is 56.9 Å². The van der Waals surface area contributed by atoms with Crippen molar-refractivity contribution in [2.24, 2.45) is 0 Å². The molecular weight excluding hydrogens is 384 g/mol. The number of hydrogen-bond donors (Lipinski definition) is 0. The van der Waals surface area contributed by atoms with E-state index in [9.17, 15) is 0 Å². The van der Waals surface area contributed by atoms with E-state index in [1.54, 1.807) is 11.3 Å². The Morgan fingerprint density at radius 3 is 2.69 bits per heavy atom. The molecule has 1 aliphatic rings. The Bertz CT molecular complexity index is 915. The van der Waals surface area contributed by atoms with Crippen LogP contribution in [0.5, 0.6) is 0 Å². The van der Waals surface area contributed by atoms with E-state index in [0.717, 1.165) is 75.8 Å². The van der Waals surface area contributed by atoms with Crippen molar-refractivity contribution in [2.45, 2.75) is 33.4 Å². The first-order chi connectivity index (χ1) is 14.2. The zero-order chi connectivity index (χ0) is 20.1. The standard InChI is InChI=1S/C21H30N6OS/c1-3-28-14-13-27-20(24-18-5-4-7-22-21(18)27)15-26-11-9-25(10-12-26)8-6-19-17(2)23-16-29-19/h4-5,7,16H,3,6,8-15H2,1-2H3. The lowest BCUT2D eigenvalue weighted by Gasteiger charge is -2.34. The monoisotopic (exact) mass is 414 g/mol. The molecule has 0 saturated carbocycles. The van der Waals surface area contributed by atoms with Gasteiger partial charge in [-0.05, 0) is 32.4 Å². The molecule has 0 aliphatic carbocycles. The summed E-state index contributed by atoms with van der Waals surface area (Å²) >= 11 is 1.78. The molecule has 3 aromatic rings. The maximum absolute atomic E-state index is 5.58. The quantitative estimate of drug-likeness (QED) is 0.502. The molecular formula is C21H30N6OS. The average molecular weight is 415 g/mol. The lowest BCUT2D eigenvalue weighted by atomic mass is 10.2. The van der Waals surface area contributed by atoms with E-state index in [2.05, 4.69) is 31.3 Å². The highest BCUT2D eigenvalue weighted by Gasteiger charge is 2.20. The zero-order valence-electron chi connectivity index (χ0n) is 17.4. The van der Waals surface area contributed by atoms with Gasteiger partial charge >= 0.3 is 0 Å². The molecule has 3 aromatic heterocycles. The number of aromatic nitrogens is 4. The van der Waals surface area contributed by atoms with Crippen molar-refractivity contribution in [2.75, 3.05) is 45.9 Å². The molecule has 4 heterocycles. The molecule has 1 saturated heterocycles. The van der Waals surface area contributed by atoms with Crippen molar-refractivity contribution in [1.29, 1.82) is 0 Å². The van der Waals surface area contributed by atoms with E-state index in [1.165, 1.54) is 10.6 Å². The summed E-state index contributed by atoms with van der Waals surface area (Å²) in [6, 6.07) is 4.00. The summed E-state index contributed by atoms with van der Waals surface area (Å²) in [4.78, 5) is 20.3. The maximum Gasteiger partial charge on any atom is 0.160 e. The van der Waals surface area contributed by atoms with E-state index in [-0.39, 0.29) is 0 Å². The summed E-state index contributed by atoms with van der Waals surface area (Å²) in [7, 11) is 0. The summed E-state index contributed by atoms with van der Waals surface area (Å²) in [6.45, 7) is 12.7. The van der Waals surface area contributed by atoms with Gasteiger partial charge in [-0.3, -0.25) is 4.90 Å². The van der Waals surface area contributed by atoms with Crippen molar-refractivity contribution in [3.63, 3.8) is 0 Å². The van der Waals surface area contributed by atoms with Crippen LogP contribution in [0.1, 0.15) is 23.3 Å². The molecule has 1 fully saturated rings. The van der Waals surface area contributed by atoms with Crippen LogP contribution in [0, 0.1) is 6.92 Å². The molecule has 0 unspecified atom stereocenters. The lowest BCUT2D eigenvalue weighted by Crippen LogP contribution is -2.46. The Labute approximate surface area is 176 Å². The van der Waals surface area contributed by atoms with Gasteiger partial charge in [-0.2, -0.15) is 0 Å². The number of rotatable bonds is 9. The number of hydrogen-bond acceptors (Lipinski definition) is 7. The third-order valence-electron chi connectivity index (χ3n) is 5.58. The third-order valence-corrected chi connectivity index (χ3v) is 6.57. The van der Waals surface area contributed by atoms with Crippen LogP contribution in [0.2, 0.25) is 0 Å². The maximum atomic E-state index is 5.58. The second-order valence-corrected chi connectivity index (χ2v) is 8.39. The van der Waals surface area contributed by atoms with E-state index in [1.807, 2.05) is 30.8 Å². The van der Waals surface area contributed by atoms with Crippen LogP contribution >= 0.6 is 11.3 Å². The van der Waals surface area contributed by atoms with Gasteiger partial charge in [0.2, 0.25) is 0 Å². The van der Waals surface area contributed by atoms with Gasteiger partial charge in [0.05, 0.1) is 24.4 Å². The first kappa shape index (κ1) is 20.4. The van der Waals surface area contributed by atoms with Crippen LogP contribution in [0.3, 0.4) is 0 Å². The zero-order valence-corrected chi connectivity index (χ0v) is 18.2. The van der Waals surface area contributed by atoms with Gasteiger partial charge in [-0.15, -0.1) is 11.3 Å². The molecule has 29 heavy (non-hydrogen) atoms. The number of thiazole rings is 1. The van der Waals surface area contributed by atoms with E-state index in [4.69, 9.17) is 9.72 Å². The Kier molecular flexibility index (Phi) is 6.86. The molecule has 0 spiro atoms. The number of ether oxygens (including phenoxy) is 1. The molecule has 0 N–H and O–H groups in total. The van der Waals surface area contributed by atoms with Crippen molar-refractivity contribution in [1.82, 2.24) is 29.3 Å². The Morgan fingerprint density at radius 2 is 1.93 bits per heavy atom. The van der Waals surface area contributed by atoms with Crippen molar-refractivity contribution >= 4 is 22.5 Å². The Balaban J connectivity index is 1.34. The highest BCUT2D eigenvalue weighted by Crippen LogP contribution is 2.17. The molecule has 8 heteroatoms. The topological polar surface area (TPSA) is 59.3 Å². The van der Waals surface area contributed by atoms with Gasteiger partial charge in [0.1, 0.15) is 11.3 Å². The number of pyridine rings is 1. The number of piperazine rings is 1. The lowest BCUT2D eigenvalue weighted by molar-refractivity contribution is 0.121. The fourth-order valence-corrected chi connectivity index (χ4v) is 4.63. The van der Waals surface area contributed by atoms with E-state index < -0.39 is 0 Å². The van der Waals surface area contributed by atoms with Gasteiger partial charge in [-0.1, -0.05) is 0 Å². The molecule has 0 aromatic carbocycles. The first-order valence-corrected chi connectivity index (χ1v) is 11.3. The van der Waals surface area contributed by atoms with Gasteiger partial charge in [-0.25, -0.2) is 15.0 Å². The molecule has 1 aliphatic heterocycles. The number of fused-ring (bicyclic) bond motifs is 1. The second-order valence-electron chi connectivity index (χ2n) is 7.45. The molecule has 0 bridgehead atoms. The minimum atomic E-state index is 0.691. The summed E-state index contributed by atoms with van der Waals surface area (Å²) in [5.74, 6) is 1.09. The van der Waals surface area contributed by atoms with Crippen LogP contribution in [0.4, 0.5) is 0 Å². The van der Waals surface area contributed by atoms with Gasteiger partial charge < -0.3 is 14.2 Å². The van der Waals surface area contributed by atoms with Crippen LogP contribution in [0.15, 0.2) is 23.8 Å². The van der Waals surface area contributed by atoms with Crippen LogP contribution in [-0.4, -0.2) is 75.3 Å². The summed E-state index contributed by atoms with van der Waals surface area (Å²) in [6.07, 6.45) is 2.95. The SMILES string of the molecule is CCOCCn1c(CN2CCN(CCc3scnc3C)CC2)nc2cccnc21. The summed E-state index contributed by atoms with van der Waals surface area (Å²) < 4.78 is 7.81. The highest BCUT2D eigenvalue weighted by molar-refractivity contribution is 7.09. The molecule has 0 amide bonds. The van der Waals surface area contributed by atoms with E-state index >= 15 is 0 Å². The predicted molar refractivity (Wildman–Crippen MR) is 116 cm³/mol. The second kappa shape index (κ2) is 9.75. The third kappa shape index (κ3) is 5.01. The van der Waals surface area contributed by atoms with Crippen LogP contribution in [-0.2, 0) is 24.2 Å². The molecule has 0 radical (unpaired) electrons. The van der Waals surface area contributed by atoms with Gasteiger partial charge in [0.25, 0.3) is 0 Å². The average Bonchev–Trinajstić information content (AvgIpc) is 3.31. The fraction of sp³-hybridized carbons (Fsp3) is 0.571. The highest BCUT2D eigenvalue weighted by atomic mass is 32.1. The molecule has 7 nitrogen and oxygen atoms in total. The summed E-state index contributed by atoms with van der Waals surface area (Å²) in [5.41, 5.74) is 5.07. The minimum Gasteiger partial charge on any atom is -0.380 e. The number of aryl methyl sites for hydroxylation is 1.